The molecule has 0 saturated carbocycles. The Morgan fingerprint density at radius 3 is 2.81 bits per heavy atom. The smallest absolute Gasteiger partial charge is 0.233 e. The molecule has 0 aliphatic carbocycles. The molecule has 0 spiro atoms. The largest absolute Gasteiger partial charge is 0.391 e. The van der Waals surface area contributed by atoms with Crippen LogP contribution in [0, 0.1) is 0 Å². The number of hydrogen-bond donors (Lipinski definition) is 1. The summed E-state index contributed by atoms with van der Waals surface area (Å²) < 4.78 is 0. The fourth-order valence-electron chi connectivity index (χ4n) is 1.72. The van der Waals surface area contributed by atoms with Gasteiger partial charge in [-0.1, -0.05) is 18.2 Å². The van der Waals surface area contributed by atoms with E-state index in [2.05, 4.69) is 0 Å². The second-order valence-corrected chi connectivity index (χ2v) is 4.93. The van der Waals surface area contributed by atoms with Crippen molar-refractivity contribution in [3.63, 3.8) is 0 Å². The van der Waals surface area contributed by atoms with Crippen LogP contribution < -0.4 is 0 Å². The maximum absolute atomic E-state index is 11.8. The van der Waals surface area contributed by atoms with Gasteiger partial charge < -0.3 is 10.0 Å². The summed E-state index contributed by atoms with van der Waals surface area (Å²) in [5.41, 5.74) is 0. The predicted molar refractivity (Wildman–Crippen MR) is 64.4 cm³/mol. The van der Waals surface area contributed by atoms with Crippen LogP contribution in [0.5, 0.6) is 0 Å². The van der Waals surface area contributed by atoms with Gasteiger partial charge in [-0.3, -0.25) is 4.79 Å². The van der Waals surface area contributed by atoms with E-state index in [4.69, 9.17) is 0 Å². The highest BCUT2D eigenvalue weighted by Crippen LogP contribution is 2.18. The van der Waals surface area contributed by atoms with Gasteiger partial charge in [0.1, 0.15) is 0 Å². The van der Waals surface area contributed by atoms with Crippen LogP contribution in [0.3, 0.4) is 0 Å². The Hall–Kier alpha value is -1.00. The first-order valence-electron chi connectivity index (χ1n) is 5.39. The molecular weight excluding hydrogens is 222 g/mol. The molecule has 1 aliphatic heterocycles. The topological polar surface area (TPSA) is 40.5 Å². The van der Waals surface area contributed by atoms with Crippen LogP contribution in [0.2, 0.25) is 0 Å². The summed E-state index contributed by atoms with van der Waals surface area (Å²) in [5.74, 6) is 0.571. The van der Waals surface area contributed by atoms with Crippen LogP contribution >= 0.6 is 11.8 Å². The van der Waals surface area contributed by atoms with Gasteiger partial charge in [0.15, 0.2) is 0 Å². The molecular formula is C12H15NO2S. The van der Waals surface area contributed by atoms with Crippen LogP contribution in [0.4, 0.5) is 0 Å². The summed E-state index contributed by atoms with van der Waals surface area (Å²) in [6, 6.07) is 9.88. The van der Waals surface area contributed by atoms with E-state index in [1.807, 2.05) is 30.3 Å². The Morgan fingerprint density at radius 2 is 2.19 bits per heavy atom. The molecule has 86 valence electrons. The van der Waals surface area contributed by atoms with Gasteiger partial charge in [0.05, 0.1) is 11.9 Å². The molecule has 1 heterocycles. The summed E-state index contributed by atoms with van der Waals surface area (Å²) in [6.45, 7) is 1.18. The molecule has 1 aromatic rings. The van der Waals surface area contributed by atoms with Crippen molar-refractivity contribution in [1.82, 2.24) is 4.90 Å². The van der Waals surface area contributed by atoms with Gasteiger partial charge in [-0.15, -0.1) is 11.8 Å². The summed E-state index contributed by atoms with van der Waals surface area (Å²) in [6.07, 6.45) is 0.382. The second kappa shape index (κ2) is 5.37. The Labute approximate surface area is 99.5 Å². The molecule has 1 amide bonds. The standard InChI is InChI=1S/C12H15NO2S/c14-10-6-7-13(8-10)12(15)9-16-11-4-2-1-3-5-11/h1-5,10,14H,6-9H2. The molecule has 1 saturated heterocycles. The van der Waals surface area contributed by atoms with Crippen LogP contribution in [0.25, 0.3) is 0 Å². The molecule has 1 N–H and O–H groups in total. The van der Waals surface area contributed by atoms with E-state index < -0.39 is 0 Å². The fraction of sp³-hybridized carbons (Fsp3) is 0.417. The number of rotatable bonds is 3. The van der Waals surface area contributed by atoms with Crippen LogP contribution in [-0.2, 0) is 4.79 Å². The molecule has 16 heavy (non-hydrogen) atoms. The highest BCUT2D eigenvalue weighted by molar-refractivity contribution is 8.00. The molecule has 1 atom stereocenters. The normalized spacial score (nSPS) is 20.1. The van der Waals surface area contributed by atoms with Crippen molar-refractivity contribution in [3.05, 3.63) is 30.3 Å². The number of likely N-dealkylation sites (tertiary alicyclic amines) is 1. The second-order valence-electron chi connectivity index (χ2n) is 3.88. The molecule has 1 aromatic carbocycles. The lowest BCUT2D eigenvalue weighted by Gasteiger charge is -2.14. The Balaban J connectivity index is 1.80. The van der Waals surface area contributed by atoms with E-state index in [0.717, 1.165) is 4.90 Å². The Morgan fingerprint density at radius 1 is 1.44 bits per heavy atom. The number of amides is 1. The maximum atomic E-state index is 11.8. The van der Waals surface area contributed by atoms with Crippen LogP contribution in [0.1, 0.15) is 6.42 Å². The van der Waals surface area contributed by atoms with Crippen molar-refractivity contribution in [3.8, 4) is 0 Å². The predicted octanol–water partition coefficient (Wildman–Crippen LogP) is 1.37. The summed E-state index contributed by atoms with van der Waals surface area (Å²) in [7, 11) is 0. The van der Waals surface area contributed by atoms with Gasteiger partial charge in [0.2, 0.25) is 5.91 Å². The van der Waals surface area contributed by atoms with E-state index in [-0.39, 0.29) is 12.0 Å². The van der Waals surface area contributed by atoms with Crippen molar-refractivity contribution in [2.75, 3.05) is 18.8 Å². The van der Waals surface area contributed by atoms with Gasteiger partial charge in [0.25, 0.3) is 0 Å². The summed E-state index contributed by atoms with van der Waals surface area (Å²) in [5, 5.41) is 9.33. The molecule has 1 fully saturated rings. The lowest BCUT2D eigenvalue weighted by molar-refractivity contribution is -0.127. The van der Waals surface area contributed by atoms with E-state index in [1.165, 1.54) is 0 Å². The number of β-amino-alcohol motifs (C(OH)–C–C–N with tert-alkyl or cyclic N) is 1. The first-order valence-corrected chi connectivity index (χ1v) is 6.38. The molecule has 2 rings (SSSR count). The van der Waals surface area contributed by atoms with E-state index >= 15 is 0 Å². The van der Waals surface area contributed by atoms with E-state index in [0.29, 0.717) is 25.3 Å². The Kier molecular flexibility index (Phi) is 3.85. The summed E-state index contributed by atoms with van der Waals surface area (Å²) in [4.78, 5) is 14.6. The number of benzene rings is 1. The zero-order valence-electron chi connectivity index (χ0n) is 9.00. The quantitative estimate of drug-likeness (QED) is 0.807. The zero-order chi connectivity index (χ0) is 11.4. The highest BCUT2D eigenvalue weighted by atomic mass is 32.2. The molecule has 1 aliphatic rings. The monoisotopic (exact) mass is 237 g/mol. The number of aliphatic hydroxyl groups is 1. The average Bonchev–Trinajstić information content (AvgIpc) is 2.74. The first-order chi connectivity index (χ1) is 7.75. The molecule has 0 aromatic heterocycles. The number of nitrogens with zero attached hydrogens (tertiary/aromatic N) is 1. The third-order valence-electron chi connectivity index (χ3n) is 2.62. The lowest BCUT2D eigenvalue weighted by Crippen LogP contribution is -2.30. The number of carbonyl (C=O) groups is 1. The van der Waals surface area contributed by atoms with Crippen molar-refractivity contribution >= 4 is 17.7 Å². The molecule has 3 nitrogen and oxygen atoms in total. The zero-order valence-corrected chi connectivity index (χ0v) is 9.82. The molecule has 0 bridgehead atoms. The van der Waals surface area contributed by atoms with Gasteiger partial charge in [-0.05, 0) is 18.6 Å². The van der Waals surface area contributed by atoms with Gasteiger partial charge >= 0.3 is 0 Å². The van der Waals surface area contributed by atoms with Crippen molar-refractivity contribution in [2.45, 2.75) is 17.4 Å². The van der Waals surface area contributed by atoms with Crippen LogP contribution in [0.15, 0.2) is 35.2 Å². The minimum atomic E-state index is -0.328. The van der Waals surface area contributed by atoms with E-state index in [1.54, 1.807) is 16.7 Å². The lowest BCUT2D eigenvalue weighted by atomic mass is 10.3. The van der Waals surface area contributed by atoms with Crippen LogP contribution in [-0.4, -0.2) is 40.9 Å². The fourth-order valence-corrected chi connectivity index (χ4v) is 2.54. The SMILES string of the molecule is O=C(CSc1ccccc1)N1CCC(O)C1. The Bertz CT molecular complexity index is 355. The number of hydrogen-bond acceptors (Lipinski definition) is 3. The minimum Gasteiger partial charge on any atom is -0.391 e. The van der Waals surface area contributed by atoms with Crippen molar-refractivity contribution in [1.29, 1.82) is 0 Å². The number of aliphatic hydroxyl groups excluding tert-OH is 1. The van der Waals surface area contributed by atoms with Crippen molar-refractivity contribution < 1.29 is 9.90 Å². The number of carbonyl (C=O) groups excluding carboxylic acids is 1. The number of thioether (sulfide) groups is 1. The van der Waals surface area contributed by atoms with Gasteiger partial charge in [-0.25, -0.2) is 0 Å². The van der Waals surface area contributed by atoms with Gasteiger partial charge in [-0.2, -0.15) is 0 Å². The maximum Gasteiger partial charge on any atom is 0.233 e. The molecule has 4 heteroatoms. The highest BCUT2D eigenvalue weighted by Gasteiger charge is 2.24. The first kappa shape index (κ1) is 11.5. The van der Waals surface area contributed by atoms with Gasteiger partial charge in [0, 0.05) is 18.0 Å². The third kappa shape index (κ3) is 3.00. The third-order valence-corrected chi connectivity index (χ3v) is 3.62. The molecule has 1 unspecified atom stereocenters. The average molecular weight is 237 g/mol. The van der Waals surface area contributed by atoms with Crippen molar-refractivity contribution in [2.24, 2.45) is 0 Å². The minimum absolute atomic E-state index is 0.116. The summed E-state index contributed by atoms with van der Waals surface area (Å²) >= 11 is 1.54. The molecule has 0 radical (unpaired) electrons. The van der Waals surface area contributed by atoms with E-state index in [9.17, 15) is 9.90 Å².